The van der Waals surface area contributed by atoms with E-state index in [2.05, 4.69) is 5.32 Å². The number of amides is 1. The molecule has 3 atom stereocenters. The van der Waals surface area contributed by atoms with Crippen molar-refractivity contribution in [3.63, 3.8) is 0 Å². The first-order valence-electron chi connectivity index (χ1n) is 9.45. The lowest BCUT2D eigenvalue weighted by Gasteiger charge is -2.26. The largest absolute Gasteiger partial charge is 0.349 e. The molecule has 0 spiro atoms. The van der Waals surface area contributed by atoms with Crippen molar-refractivity contribution in [1.82, 2.24) is 9.62 Å². The van der Waals surface area contributed by atoms with Crippen LogP contribution in [-0.4, -0.2) is 37.8 Å². The summed E-state index contributed by atoms with van der Waals surface area (Å²) in [6, 6.07) is 6.77. The minimum Gasteiger partial charge on any atom is -0.349 e. The van der Waals surface area contributed by atoms with Crippen molar-refractivity contribution in [2.75, 3.05) is 13.1 Å². The van der Waals surface area contributed by atoms with Crippen LogP contribution in [0.2, 0.25) is 0 Å². The van der Waals surface area contributed by atoms with E-state index in [0.29, 0.717) is 24.6 Å². The second kappa shape index (κ2) is 6.72. The van der Waals surface area contributed by atoms with E-state index < -0.39 is 10.0 Å². The number of hydrogen-bond acceptors (Lipinski definition) is 3. The lowest BCUT2D eigenvalue weighted by molar-refractivity contribution is 0.0922. The van der Waals surface area contributed by atoms with Crippen LogP contribution >= 0.6 is 0 Å². The van der Waals surface area contributed by atoms with E-state index in [9.17, 15) is 13.2 Å². The van der Waals surface area contributed by atoms with Gasteiger partial charge in [0.25, 0.3) is 5.91 Å². The summed E-state index contributed by atoms with van der Waals surface area (Å²) in [5.74, 6) is 1.23. The third kappa shape index (κ3) is 3.34. The lowest BCUT2D eigenvalue weighted by Crippen LogP contribution is -2.38. The normalized spacial score (nSPS) is 29.7. The zero-order valence-electron chi connectivity index (χ0n) is 14.5. The molecular weight excluding hydrogens is 336 g/mol. The van der Waals surface area contributed by atoms with Gasteiger partial charge in [0.05, 0.1) is 4.90 Å². The Morgan fingerprint density at radius 2 is 1.88 bits per heavy atom. The van der Waals surface area contributed by atoms with Crippen LogP contribution in [0.5, 0.6) is 0 Å². The predicted molar refractivity (Wildman–Crippen MR) is 95.8 cm³/mol. The highest BCUT2D eigenvalue weighted by molar-refractivity contribution is 7.89. The van der Waals surface area contributed by atoms with Crippen molar-refractivity contribution in [2.45, 2.75) is 55.9 Å². The maximum absolute atomic E-state index is 12.8. The summed E-state index contributed by atoms with van der Waals surface area (Å²) in [5.41, 5.74) is 0.445. The van der Waals surface area contributed by atoms with Crippen molar-refractivity contribution in [2.24, 2.45) is 11.8 Å². The zero-order valence-corrected chi connectivity index (χ0v) is 15.3. The number of piperidine rings is 1. The molecule has 3 fully saturated rings. The first-order valence-corrected chi connectivity index (χ1v) is 10.9. The molecule has 5 nitrogen and oxygen atoms in total. The van der Waals surface area contributed by atoms with E-state index in [0.717, 1.165) is 31.6 Å². The number of nitrogens with one attached hydrogen (secondary N) is 1. The molecule has 3 aliphatic rings. The van der Waals surface area contributed by atoms with Gasteiger partial charge in [-0.05, 0) is 62.1 Å². The average Bonchev–Trinajstić information content (AvgIpc) is 3.25. The zero-order chi connectivity index (χ0) is 17.4. The molecule has 0 unspecified atom stereocenters. The van der Waals surface area contributed by atoms with Crippen LogP contribution in [-0.2, 0) is 10.0 Å². The molecule has 1 heterocycles. The molecule has 1 N–H and O–H groups in total. The van der Waals surface area contributed by atoms with Crippen LogP contribution in [0.4, 0.5) is 0 Å². The Hall–Kier alpha value is -1.40. The van der Waals surface area contributed by atoms with E-state index in [4.69, 9.17) is 0 Å². The molecule has 4 rings (SSSR count). The minimum absolute atomic E-state index is 0.145. The van der Waals surface area contributed by atoms with Gasteiger partial charge in [0, 0.05) is 24.7 Å². The predicted octanol–water partition coefficient (Wildman–Crippen LogP) is 2.78. The number of rotatable bonds is 4. The molecule has 2 aliphatic carbocycles. The number of sulfonamides is 1. The van der Waals surface area contributed by atoms with Crippen LogP contribution in [0.1, 0.15) is 55.3 Å². The van der Waals surface area contributed by atoms with Gasteiger partial charge in [-0.3, -0.25) is 4.79 Å². The highest BCUT2D eigenvalue weighted by atomic mass is 32.2. The SMILES string of the molecule is O=C(N[C@H]1C[C@H]2CC[C@@H]1C2)c1cccc(S(=O)(=O)N2CCCCC2)c1. The van der Waals surface area contributed by atoms with Gasteiger partial charge in [-0.15, -0.1) is 0 Å². The highest BCUT2D eigenvalue weighted by Crippen LogP contribution is 2.44. The fourth-order valence-electron chi connectivity index (χ4n) is 4.73. The number of nitrogens with zero attached hydrogens (tertiary/aromatic N) is 1. The van der Waals surface area contributed by atoms with Gasteiger partial charge in [-0.25, -0.2) is 8.42 Å². The molecule has 1 aromatic carbocycles. The maximum Gasteiger partial charge on any atom is 0.251 e. The van der Waals surface area contributed by atoms with Crippen LogP contribution < -0.4 is 5.32 Å². The third-order valence-electron chi connectivity index (χ3n) is 6.10. The van der Waals surface area contributed by atoms with Gasteiger partial charge in [0.1, 0.15) is 0 Å². The van der Waals surface area contributed by atoms with Crippen LogP contribution in [0.3, 0.4) is 0 Å². The molecule has 25 heavy (non-hydrogen) atoms. The van der Waals surface area contributed by atoms with Crippen LogP contribution in [0, 0.1) is 11.8 Å². The van der Waals surface area contributed by atoms with Crippen LogP contribution in [0.15, 0.2) is 29.2 Å². The number of carbonyl (C=O) groups is 1. The summed E-state index contributed by atoms with van der Waals surface area (Å²) in [5, 5.41) is 3.14. The molecule has 0 aromatic heterocycles. The van der Waals surface area contributed by atoms with E-state index in [1.165, 1.54) is 25.3 Å². The summed E-state index contributed by atoms with van der Waals surface area (Å²) in [6.45, 7) is 1.15. The molecule has 1 aliphatic heterocycles. The second-order valence-corrected chi connectivity index (χ2v) is 9.69. The van der Waals surface area contributed by atoms with Crippen LogP contribution in [0.25, 0.3) is 0 Å². The molecule has 2 bridgehead atoms. The Bertz CT molecular complexity index is 756. The summed E-state index contributed by atoms with van der Waals surface area (Å²) >= 11 is 0. The Morgan fingerprint density at radius 3 is 2.56 bits per heavy atom. The molecular formula is C19H26N2O3S. The topological polar surface area (TPSA) is 66.5 Å². The molecule has 136 valence electrons. The van der Waals surface area contributed by atoms with E-state index in [-0.39, 0.29) is 16.8 Å². The van der Waals surface area contributed by atoms with Gasteiger partial charge in [0.15, 0.2) is 0 Å². The van der Waals surface area contributed by atoms with Crippen molar-refractivity contribution < 1.29 is 13.2 Å². The van der Waals surface area contributed by atoms with Gasteiger partial charge in [-0.2, -0.15) is 4.31 Å². The van der Waals surface area contributed by atoms with Gasteiger partial charge in [-0.1, -0.05) is 18.9 Å². The molecule has 1 aromatic rings. The fourth-order valence-corrected chi connectivity index (χ4v) is 6.29. The van der Waals surface area contributed by atoms with Gasteiger partial charge in [0.2, 0.25) is 10.0 Å². The fraction of sp³-hybridized carbons (Fsp3) is 0.632. The number of benzene rings is 1. The first kappa shape index (κ1) is 17.0. The summed E-state index contributed by atoms with van der Waals surface area (Å²) < 4.78 is 27.2. The van der Waals surface area contributed by atoms with Crippen molar-refractivity contribution >= 4 is 15.9 Å². The molecule has 0 radical (unpaired) electrons. The standard InChI is InChI=1S/C19H26N2O3S/c22-19(20-18-12-14-7-8-15(18)11-14)16-5-4-6-17(13-16)25(23,24)21-9-2-1-3-10-21/h4-6,13-15,18H,1-3,7-12H2,(H,20,22)/t14-,15+,18-/m0/s1. The Labute approximate surface area is 149 Å². The smallest absolute Gasteiger partial charge is 0.251 e. The van der Waals surface area contributed by atoms with Gasteiger partial charge < -0.3 is 5.32 Å². The monoisotopic (exact) mass is 362 g/mol. The Morgan fingerprint density at radius 1 is 1.08 bits per heavy atom. The summed E-state index contributed by atoms with van der Waals surface area (Å²) in [4.78, 5) is 12.8. The second-order valence-electron chi connectivity index (χ2n) is 7.75. The Kier molecular flexibility index (Phi) is 4.58. The molecule has 6 heteroatoms. The lowest BCUT2D eigenvalue weighted by atomic mass is 9.95. The van der Waals surface area contributed by atoms with E-state index >= 15 is 0 Å². The minimum atomic E-state index is -3.50. The van der Waals surface area contributed by atoms with Crippen molar-refractivity contribution in [3.05, 3.63) is 29.8 Å². The Balaban J connectivity index is 1.49. The highest BCUT2D eigenvalue weighted by Gasteiger charge is 2.40. The number of fused-ring (bicyclic) bond motifs is 2. The van der Waals surface area contributed by atoms with E-state index in [1.54, 1.807) is 22.5 Å². The quantitative estimate of drug-likeness (QED) is 0.896. The number of hydrogen-bond donors (Lipinski definition) is 1. The van der Waals surface area contributed by atoms with Crippen molar-refractivity contribution in [3.8, 4) is 0 Å². The third-order valence-corrected chi connectivity index (χ3v) is 8.00. The van der Waals surface area contributed by atoms with Gasteiger partial charge >= 0.3 is 0 Å². The first-order chi connectivity index (χ1) is 12.0. The summed E-state index contributed by atoms with van der Waals surface area (Å²) in [6.07, 6.45) is 7.70. The van der Waals surface area contributed by atoms with E-state index in [1.807, 2.05) is 0 Å². The number of carbonyl (C=O) groups excluding carboxylic acids is 1. The molecule has 1 amide bonds. The molecule has 2 saturated carbocycles. The van der Waals surface area contributed by atoms with Crippen molar-refractivity contribution in [1.29, 1.82) is 0 Å². The maximum atomic E-state index is 12.8. The molecule has 1 saturated heterocycles. The average molecular weight is 362 g/mol. The summed E-state index contributed by atoms with van der Waals surface area (Å²) in [7, 11) is -3.50.